The van der Waals surface area contributed by atoms with E-state index in [2.05, 4.69) is 6.07 Å². The zero-order chi connectivity index (χ0) is 15.3. The first-order valence-electron chi connectivity index (χ1n) is 7.24. The third kappa shape index (κ3) is 7.21. The number of ether oxygens (including phenoxy) is 2. The van der Waals surface area contributed by atoms with Gasteiger partial charge in [-0.25, -0.2) is 4.79 Å². The third-order valence-electron chi connectivity index (χ3n) is 2.91. The number of nitrogens with zero attached hydrogens (tertiary/aromatic N) is 2. The first kappa shape index (κ1) is 16.8. The van der Waals surface area contributed by atoms with Gasteiger partial charge in [0.05, 0.1) is 25.6 Å². The Labute approximate surface area is 126 Å². The molecule has 0 bridgehead atoms. The quantitative estimate of drug-likeness (QED) is 0.515. The number of para-hydroxylation sites is 1. The van der Waals surface area contributed by atoms with Gasteiger partial charge in [-0.05, 0) is 18.6 Å². The molecule has 0 aliphatic heterocycles. The maximum absolute atomic E-state index is 11.3. The van der Waals surface area contributed by atoms with Gasteiger partial charge in [0.2, 0.25) is 0 Å². The molecule has 0 N–H and O–H groups in total. The van der Waals surface area contributed by atoms with Crippen molar-refractivity contribution in [3.05, 3.63) is 30.3 Å². The van der Waals surface area contributed by atoms with E-state index in [-0.39, 0.29) is 6.61 Å². The molecule has 0 saturated carbocycles. The third-order valence-corrected chi connectivity index (χ3v) is 2.91. The Balaban J connectivity index is 2.37. The number of carbonyl (C=O) groups is 1. The van der Waals surface area contributed by atoms with Crippen LogP contribution in [0.25, 0.3) is 0 Å². The lowest BCUT2D eigenvalue weighted by Gasteiger charge is -2.23. The van der Waals surface area contributed by atoms with E-state index in [9.17, 15) is 4.79 Å². The van der Waals surface area contributed by atoms with Crippen molar-refractivity contribution in [1.82, 2.24) is 0 Å². The highest BCUT2D eigenvalue weighted by atomic mass is 16.7. The van der Waals surface area contributed by atoms with Crippen LogP contribution in [0.15, 0.2) is 30.3 Å². The lowest BCUT2D eigenvalue weighted by atomic mass is 10.2. The second-order valence-electron chi connectivity index (χ2n) is 4.53. The average molecular weight is 290 g/mol. The molecule has 0 amide bonds. The normalized spacial score (nSPS) is 9.71. The fourth-order valence-electron chi connectivity index (χ4n) is 1.77. The first-order chi connectivity index (χ1) is 10.3. The number of anilines is 1. The molecule has 0 aliphatic carbocycles. The lowest BCUT2D eigenvalue weighted by Crippen LogP contribution is -2.29. The molecule has 0 saturated heterocycles. The summed E-state index contributed by atoms with van der Waals surface area (Å²) in [6.07, 6.45) is 1.61. The minimum Gasteiger partial charge on any atom is -0.434 e. The second-order valence-corrected chi connectivity index (χ2v) is 4.53. The summed E-state index contributed by atoms with van der Waals surface area (Å²) >= 11 is 0. The summed E-state index contributed by atoms with van der Waals surface area (Å²) in [4.78, 5) is 13.4. The molecular weight excluding hydrogens is 268 g/mol. The summed E-state index contributed by atoms with van der Waals surface area (Å²) in [7, 11) is 0. The van der Waals surface area contributed by atoms with Gasteiger partial charge in [-0.15, -0.1) is 0 Å². The van der Waals surface area contributed by atoms with Crippen LogP contribution in [-0.2, 0) is 9.47 Å². The van der Waals surface area contributed by atoms with Crippen LogP contribution in [-0.4, -0.2) is 32.5 Å². The molecular formula is C16H22N2O3. The highest BCUT2D eigenvalue weighted by Gasteiger charge is 2.08. The van der Waals surface area contributed by atoms with E-state index in [0.29, 0.717) is 26.1 Å². The number of rotatable bonds is 9. The van der Waals surface area contributed by atoms with E-state index >= 15 is 0 Å². The fraction of sp³-hybridized carbons (Fsp3) is 0.500. The molecule has 114 valence electrons. The highest BCUT2D eigenvalue weighted by Crippen LogP contribution is 2.13. The molecule has 21 heavy (non-hydrogen) atoms. The smallest absolute Gasteiger partial charge is 0.434 e. The van der Waals surface area contributed by atoms with Gasteiger partial charge in [0, 0.05) is 12.2 Å². The Morgan fingerprint density at radius 3 is 2.57 bits per heavy atom. The summed E-state index contributed by atoms with van der Waals surface area (Å²) < 4.78 is 9.95. The van der Waals surface area contributed by atoms with E-state index in [1.54, 1.807) is 0 Å². The van der Waals surface area contributed by atoms with Crippen molar-refractivity contribution < 1.29 is 14.3 Å². The second kappa shape index (κ2) is 10.6. The van der Waals surface area contributed by atoms with Crippen molar-refractivity contribution in [2.45, 2.75) is 26.2 Å². The molecule has 0 heterocycles. The molecule has 1 aromatic rings. The summed E-state index contributed by atoms with van der Waals surface area (Å²) in [5.74, 6) is 0. The van der Waals surface area contributed by atoms with Gasteiger partial charge in [-0.2, -0.15) is 5.26 Å². The van der Waals surface area contributed by atoms with E-state index in [1.165, 1.54) is 0 Å². The van der Waals surface area contributed by atoms with Crippen molar-refractivity contribution in [3.8, 4) is 6.07 Å². The number of unbranched alkanes of at least 4 members (excludes halogenated alkanes) is 1. The molecule has 0 aliphatic rings. The number of nitriles is 1. The molecule has 5 nitrogen and oxygen atoms in total. The molecule has 0 fully saturated rings. The fourth-order valence-corrected chi connectivity index (χ4v) is 1.77. The van der Waals surface area contributed by atoms with Crippen LogP contribution in [0.3, 0.4) is 0 Å². The SMILES string of the molecule is CCCCOC(=O)OCCN(CCC#N)c1ccccc1. The minimum absolute atomic E-state index is 0.241. The van der Waals surface area contributed by atoms with Gasteiger partial charge in [0.25, 0.3) is 0 Å². The van der Waals surface area contributed by atoms with E-state index in [1.807, 2.05) is 42.2 Å². The van der Waals surface area contributed by atoms with Crippen molar-refractivity contribution in [3.63, 3.8) is 0 Å². The van der Waals surface area contributed by atoms with Gasteiger partial charge in [-0.3, -0.25) is 0 Å². The summed E-state index contributed by atoms with van der Waals surface area (Å²) in [5.41, 5.74) is 1.01. The largest absolute Gasteiger partial charge is 0.508 e. The first-order valence-corrected chi connectivity index (χ1v) is 7.24. The Morgan fingerprint density at radius 2 is 1.90 bits per heavy atom. The Morgan fingerprint density at radius 1 is 1.19 bits per heavy atom. The molecule has 1 aromatic carbocycles. The number of carbonyl (C=O) groups excluding carboxylic acids is 1. The van der Waals surface area contributed by atoms with E-state index in [0.717, 1.165) is 18.5 Å². The van der Waals surface area contributed by atoms with Crippen molar-refractivity contribution >= 4 is 11.8 Å². The average Bonchev–Trinajstić information content (AvgIpc) is 2.52. The molecule has 0 aromatic heterocycles. The van der Waals surface area contributed by atoms with Crippen LogP contribution in [0.5, 0.6) is 0 Å². The van der Waals surface area contributed by atoms with E-state index in [4.69, 9.17) is 14.7 Å². The molecule has 0 radical (unpaired) electrons. The van der Waals surface area contributed by atoms with Crippen LogP contribution < -0.4 is 4.90 Å². The Kier molecular flexibility index (Phi) is 8.46. The van der Waals surface area contributed by atoms with Crippen molar-refractivity contribution in [1.29, 1.82) is 5.26 Å². The lowest BCUT2D eigenvalue weighted by molar-refractivity contribution is 0.0562. The number of hydrogen-bond acceptors (Lipinski definition) is 5. The van der Waals surface area contributed by atoms with Crippen LogP contribution in [0.4, 0.5) is 10.5 Å². The van der Waals surface area contributed by atoms with Gasteiger partial charge < -0.3 is 14.4 Å². The van der Waals surface area contributed by atoms with Crippen molar-refractivity contribution in [2.75, 3.05) is 31.2 Å². The minimum atomic E-state index is -0.628. The topological polar surface area (TPSA) is 62.6 Å². The predicted octanol–water partition coefficient (Wildman–Crippen LogP) is 3.36. The monoisotopic (exact) mass is 290 g/mol. The zero-order valence-corrected chi connectivity index (χ0v) is 12.5. The summed E-state index contributed by atoms with van der Waals surface area (Å²) in [6, 6.07) is 11.9. The van der Waals surface area contributed by atoms with Gasteiger partial charge in [-0.1, -0.05) is 31.5 Å². The summed E-state index contributed by atoms with van der Waals surface area (Å²) in [5, 5.41) is 8.71. The molecule has 5 heteroatoms. The maximum Gasteiger partial charge on any atom is 0.508 e. The van der Waals surface area contributed by atoms with Crippen LogP contribution in [0.2, 0.25) is 0 Å². The van der Waals surface area contributed by atoms with Crippen LogP contribution in [0, 0.1) is 11.3 Å². The van der Waals surface area contributed by atoms with E-state index < -0.39 is 6.16 Å². The van der Waals surface area contributed by atoms with Gasteiger partial charge >= 0.3 is 6.16 Å². The van der Waals surface area contributed by atoms with Crippen LogP contribution >= 0.6 is 0 Å². The molecule has 0 spiro atoms. The van der Waals surface area contributed by atoms with Crippen molar-refractivity contribution in [2.24, 2.45) is 0 Å². The molecule has 0 atom stereocenters. The molecule has 0 unspecified atom stereocenters. The maximum atomic E-state index is 11.3. The predicted molar refractivity (Wildman–Crippen MR) is 81.1 cm³/mol. The van der Waals surface area contributed by atoms with Gasteiger partial charge in [0.1, 0.15) is 6.61 Å². The standard InChI is InChI=1S/C16H22N2O3/c1-2-3-13-20-16(19)21-14-12-18(11-7-10-17)15-8-5-4-6-9-15/h4-6,8-9H,2-3,7,11-14H2,1H3. The van der Waals surface area contributed by atoms with Gasteiger partial charge in [0.15, 0.2) is 0 Å². The number of benzene rings is 1. The molecule has 1 rings (SSSR count). The van der Waals surface area contributed by atoms with Crippen LogP contribution in [0.1, 0.15) is 26.2 Å². The highest BCUT2D eigenvalue weighted by molar-refractivity contribution is 5.59. The number of hydrogen-bond donors (Lipinski definition) is 0. The zero-order valence-electron chi connectivity index (χ0n) is 12.5. The summed E-state index contributed by atoms with van der Waals surface area (Å²) in [6.45, 7) is 3.81. The Hall–Kier alpha value is -2.22. The Bertz CT molecular complexity index is 443.